The zero-order chi connectivity index (χ0) is 16.4. The molecule has 0 saturated carbocycles. The Labute approximate surface area is 154 Å². The molecule has 1 fully saturated rings. The summed E-state index contributed by atoms with van der Waals surface area (Å²) in [6, 6.07) is 18.8. The van der Waals surface area contributed by atoms with Gasteiger partial charge in [-0.3, -0.25) is 0 Å². The lowest BCUT2D eigenvalue weighted by atomic mass is 9.90. The Morgan fingerprint density at radius 2 is 1.88 bits per heavy atom. The molecule has 1 saturated heterocycles. The van der Waals surface area contributed by atoms with Crippen molar-refractivity contribution < 1.29 is 0 Å². The molecule has 1 N–H and O–H groups in total. The molecule has 4 rings (SSSR count). The molecule has 1 aliphatic rings. The van der Waals surface area contributed by atoms with E-state index >= 15 is 0 Å². The van der Waals surface area contributed by atoms with Gasteiger partial charge in [0.25, 0.3) is 0 Å². The van der Waals surface area contributed by atoms with E-state index in [1.807, 2.05) is 18.2 Å². The summed E-state index contributed by atoms with van der Waals surface area (Å²) in [4.78, 5) is 0. The number of para-hydroxylation sites is 1. The van der Waals surface area contributed by atoms with Crippen LogP contribution in [0.15, 0.2) is 54.7 Å². The van der Waals surface area contributed by atoms with Crippen LogP contribution in [0.1, 0.15) is 35.4 Å². The molecule has 0 atom stereocenters. The number of halogens is 1. The lowest BCUT2D eigenvalue weighted by molar-refractivity contribution is 0.461. The molecule has 0 unspecified atom stereocenters. The number of piperidine rings is 1. The number of hydrogen-bond acceptors (Lipinski definition) is 2. The minimum Gasteiger partial charge on any atom is -0.343 e. The van der Waals surface area contributed by atoms with Crippen LogP contribution in [0.5, 0.6) is 0 Å². The zero-order valence-corrected chi connectivity index (χ0v) is 14.9. The number of rotatable bonds is 3. The van der Waals surface area contributed by atoms with Gasteiger partial charge in [-0.2, -0.15) is 5.26 Å². The SMILES string of the molecule is Cl.N#Cc1cccc(Cn2cc(C3CCNCC3)c3ccccc32)c1. The summed E-state index contributed by atoms with van der Waals surface area (Å²) in [5.74, 6) is 0.642. The smallest absolute Gasteiger partial charge is 0.0991 e. The number of hydrogen-bond donors (Lipinski definition) is 1. The fourth-order valence-electron chi connectivity index (χ4n) is 3.80. The van der Waals surface area contributed by atoms with Gasteiger partial charge >= 0.3 is 0 Å². The topological polar surface area (TPSA) is 40.8 Å². The van der Waals surface area contributed by atoms with E-state index < -0.39 is 0 Å². The van der Waals surface area contributed by atoms with Crippen molar-refractivity contribution in [2.24, 2.45) is 0 Å². The predicted octanol–water partition coefficient (Wildman–Crippen LogP) is 4.45. The number of nitrogens with one attached hydrogen (secondary N) is 1. The third-order valence-electron chi connectivity index (χ3n) is 5.01. The molecule has 1 aliphatic heterocycles. The van der Waals surface area contributed by atoms with Gasteiger partial charge in [-0.1, -0.05) is 30.3 Å². The Kier molecular flexibility index (Phi) is 5.43. The van der Waals surface area contributed by atoms with Gasteiger partial charge in [0, 0.05) is 23.6 Å². The van der Waals surface area contributed by atoms with E-state index in [1.54, 1.807) is 0 Å². The molecule has 25 heavy (non-hydrogen) atoms. The molecule has 0 amide bonds. The van der Waals surface area contributed by atoms with Crippen LogP contribution in [0, 0.1) is 11.3 Å². The van der Waals surface area contributed by atoms with E-state index in [9.17, 15) is 0 Å². The zero-order valence-electron chi connectivity index (χ0n) is 14.1. The molecule has 2 aromatic carbocycles. The van der Waals surface area contributed by atoms with E-state index in [1.165, 1.54) is 34.9 Å². The number of fused-ring (bicyclic) bond motifs is 1. The second kappa shape index (κ2) is 7.74. The summed E-state index contributed by atoms with van der Waals surface area (Å²) in [5.41, 5.74) is 4.66. The number of aromatic nitrogens is 1. The van der Waals surface area contributed by atoms with E-state index in [0.717, 1.165) is 25.2 Å². The van der Waals surface area contributed by atoms with Crippen molar-refractivity contribution >= 4 is 23.3 Å². The molecule has 128 valence electrons. The molecule has 3 nitrogen and oxygen atoms in total. The summed E-state index contributed by atoms with van der Waals surface area (Å²) in [6.07, 6.45) is 4.75. The van der Waals surface area contributed by atoms with Crippen LogP contribution in [0.25, 0.3) is 10.9 Å². The van der Waals surface area contributed by atoms with Crippen LogP contribution in [-0.2, 0) is 6.54 Å². The van der Waals surface area contributed by atoms with E-state index in [4.69, 9.17) is 5.26 Å². The third-order valence-corrected chi connectivity index (χ3v) is 5.01. The van der Waals surface area contributed by atoms with Crippen molar-refractivity contribution in [3.63, 3.8) is 0 Å². The normalized spacial score (nSPS) is 14.8. The second-order valence-corrected chi connectivity index (χ2v) is 6.57. The minimum atomic E-state index is 0. The van der Waals surface area contributed by atoms with Crippen molar-refractivity contribution in [3.05, 3.63) is 71.4 Å². The van der Waals surface area contributed by atoms with Crippen molar-refractivity contribution in [2.45, 2.75) is 25.3 Å². The fourth-order valence-corrected chi connectivity index (χ4v) is 3.80. The summed E-state index contributed by atoms with van der Waals surface area (Å²) in [6.45, 7) is 3.02. The average molecular weight is 352 g/mol. The Morgan fingerprint density at radius 1 is 1.08 bits per heavy atom. The van der Waals surface area contributed by atoms with E-state index in [-0.39, 0.29) is 12.4 Å². The average Bonchev–Trinajstić information content (AvgIpc) is 3.01. The molecule has 0 spiro atoms. The number of nitrogens with zero attached hydrogens (tertiary/aromatic N) is 2. The second-order valence-electron chi connectivity index (χ2n) is 6.57. The van der Waals surface area contributed by atoms with Gasteiger partial charge in [0.15, 0.2) is 0 Å². The number of benzene rings is 2. The van der Waals surface area contributed by atoms with Gasteiger partial charge in [-0.05, 0) is 61.2 Å². The molecular formula is C21H22ClN3. The fraction of sp³-hybridized carbons (Fsp3) is 0.286. The van der Waals surface area contributed by atoms with Gasteiger partial charge in [0.1, 0.15) is 0 Å². The van der Waals surface area contributed by atoms with Crippen LogP contribution in [-0.4, -0.2) is 17.7 Å². The maximum absolute atomic E-state index is 9.11. The first kappa shape index (κ1) is 17.5. The van der Waals surface area contributed by atoms with Gasteiger partial charge in [0.2, 0.25) is 0 Å². The Balaban J connectivity index is 0.00000182. The lowest BCUT2D eigenvalue weighted by Crippen LogP contribution is -2.26. The highest BCUT2D eigenvalue weighted by Crippen LogP contribution is 2.33. The first-order valence-electron chi connectivity index (χ1n) is 8.62. The van der Waals surface area contributed by atoms with Crippen LogP contribution in [0.4, 0.5) is 0 Å². The first-order valence-corrected chi connectivity index (χ1v) is 8.62. The quantitative estimate of drug-likeness (QED) is 0.757. The summed E-state index contributed by atoms with van der Waals surface area (Å²) in [5, 5.41) is 13.9. The molecule has 0 radical (unpaired) electrons. The molecule has 1 aromatic heterocycles. The first-order chi connectivity index (χ1) is 11.8. The molecule has 3 aromatic rings. The maximum atomic E-state index is 9.11. The monoisotopic (exact) mass is 351 g/mol. The largest absolute Gasteiger partial charge is 0.343 e. The van der Waals surface area contributed by atoms with E-state index in [0.29, 0.717) is 5.92 Å². The summed E-state index contributed by atoms with van der Waals surface area (Å²) in [7, 11) is 0. The number of nitriles is 1. The van der Waals surface area contributed by atoms with Crippen LogP contribution in [0.2, 0.25) is 0 Å². The maximum Gasteiger partial charge on any atom is 0.0991 e. The minimum absolute atomic E-state index is 0. The van der Waals surface area contributed by atoms with Gasteiger partial charge in [-0.25, -0.2) is 0 Å². The van der Waals surface area contributed by atoms with Crippen LogP contribution in [0.3, 0.4) is 0 Å². The van der Waals surface area contributed by atoms with E-state index in [2.05, 4.69) is 52.5 Å². The third kappa shape index (κ3) is 3.56. The Morgan fingerprint density at radius 3 is 2.68 bits per heavy atom. The standard InChI is InChI=1S/C21H21N3.ClH/c22-13-16-4-3-5-17(12-16)14-24-15-20(18-8-10-23-11-9-18)19-6-1-2-7-21(19)24;/h1-7,12,15,18,23H,8-11,14H2;1H. The molecule has 0 aliphatic carbocycles. The highest BCUT2D eigenvalue weighted by molar-refractivity contribution is 5.85. The van der Waals surface area contributed by atoms with Crippen molar-refractivity contribution in [1.29, 1.82) is 5.26 Å². The van der Waals surface area contributed by atoms with Crippen LogP contribution < -0.4 is 5.32 Å². The van der Waals surface area contributed by atoms with Gasteiger partial charge < -0.3 is 9.88 Å². The Bertz CT molecular complexity index is 901. The van der Waals surface area contributed by atoms with Crippen molar-refractivity contribution in [2.75, 3.05) is 13.1 Å². The lowest BCUT2D eigenvalue weighted by Gasteiger charge is -2.22. The summed E-state index contributed by atoms with van der Waals surface area (Å²) < 4.78 is 2.34. The summed E-state index contributed by atoms with van der Waals surface area (Å²) >= 11 is 0. The molecule has 0 bridgehead atoms. The molecule has 4 heteroatoms. The highest BCUT2D eigenvalue weighted by Gasteiger charge is 2.20. The van der Waals surface area contributed by atoms with Crippen molar-refractivity contribution in [3.8, 4) is 6.07 Å². The highest BCUT2D eigenvalue weighted by atomic mass is 35.5. The van der Waals surface area contributed by atoms with Crippen LogP contribution >= 0.6 is 12.4 Å². The molecule has 2 heterocycles. The van der Waals surface area contributed by atoms with Gasteiger partial charge in [0.05, 0.1) is 11.6 Å². The Hall–Kier alpha value is -2.28. The van der Waals surface area contributed by atoms with Crippen molar-refractivity contribution in [1.82, 2.24) is 9.88 Å². The van der Waals surface area contributed by atoms with Gasteiger partial charge in [-0.15, -0.1) is 12.4 Å². The molecular weight excluding hydrogens is 330 g/mol. The predicted molar refractivity (Wildman–Crippen MR) is 104 cm³/mol.